The number of ether oxygens (including phenoxy) is 1. The minimum atomic E-state index is -0.586. The van der Waals surface area contributed by atoms with Gasteiger partial charge in [-0.2, -0.15) is 5.26 Å². The van der Waals surface area contributed by atoms with E-state index in [1.165, 1.54) is 42.1 Å². The van der Waals surface area contributed by atoms with Gasteiger partial charge in [0.2, 0.25) is 5.88 Å². The monoisotopic (exact) mass is 259 g/mol. The number of hydrogen-bond acceptors (Lipinski definition) is 4. The van der Waals surface area contributed by atoms with Crippen molar-refractivity contribution in [3.63, 3.8) is 0 Å². The summed E-state index contributed by atoms with van der Waals surface area (Å²) in [4.78, 5) is 11.6. The number of halogens is 1. The van der Waals surface area contributed by atoms with E-state index in [1.807, 2.05) is 0 Å². The lowest BCUT2D eigenvalue weighted by Crippen LogP contribution is -2.22. The number of nitrogens with zero attached hydrogens (tertiary/aromatic N) is 3. The highest BCUT2D eigenvalue weighted by atomic mass is 19.1. The molecule has 0 aliphatic carbocycles. The van der Waals surface area contributed by atoms with Crippen LogP contribution in [0.25, 0.3) is 0 Å². The first-order valence-electron chi connectivity index (χ1n) is 5.44. The van der Waals surface area contributed by atoms with Gasteiger partial charge in [-0.1, -0.05) is 6.07 Å². The first-order chi connectivity index (χ1) is 9.13. The summed E-state index contributed by atoms with van der Waals surface area (Å²) < 4.78 is 19.3. The van der Waals surface area contributed by atoms with Gasteiger partial charge < -0.3 is 4.74 Å². The van der Waals surface area contributed by atoms with Crippen molar-refractivity contribution in [3.05, 3.63) is 57.6 Å². The van der Waals surface area contributed by atoms with E-state index >= 15 is 0 Å². The summed E-state index contributed by atoms with van der Waals surface area (Å²) in [5.41, 5.74) is 0.248. The molecule has 1 heterocycles. The molecular formula is C13H10FN3O2. The van der Waals surface area contributed by atoms with Gasteiger partial charge >= 0.3 is 0 Å². The number of methoxy groups -OCH3 is 1. The molecule has 0 amide bonds. The molecule has 5 nitrogen and oxygen atoms in total. The fourth-order valence-electron chi connectivity index (χ4n) is 1.58. The second-order valence-corrected chi connectivity index (χ2v) is 3.80. The molecule has 0 fully saturated rings. The maximum Gasteiger partial charge on any atom is 0.267 e. The second-order valence-electron chi connectivity index (χ2n) is 3.80. The molecule has 0 aliphatic heterocycles. The maximum absolute atomic E-state index is 13.2. The lowest BCUT2D eigenvalue weighted by molar-refractivity contribution is 0.379. The molecule has 0 radical (unpaired) electrons. The van der Waals surface area contributed by atoms with E-state index in [4.69, 9.17) is 10.00 Å². The van der Waals surface area contributed by atoms with Gasteiger partial charge in [-0.15, -0.1) is 5.10 Å². The Morgan fingerprint density at radius 1 is 1.42 bits per heavy atom. The number of hydrogen-bond donors (Lipinski definition) is 0. The van der Waals surface area contributed by atoms with Gasteiger partial charge in [-0.05, 0) is 17.7 Å². The van der Waals surface area contributed by atoms with Crippen molar-refractivity contribution in [2.24, 2.45) is 0 Å². The molecule has 0 bridgehead atoms. The van der Waals surface area contributed by atoms with Crippen molar-refractivity contribution in [2.75, 3.05) is 7.11 Å². The molecule has 0 spiro atoms. The summed E-state index contributed by atoms with van der Waals surface area (Å²) >= 11 is 0. The number of benzene rings is 1. The summed E-state index contributed by atoms with van der Waals surface area (Å²) in [6.45, 7) is 0.144. The largest absolute Gasteiger partial charge is 0.480 e. The van der Waals surface area contributed by atoms with Crippen LogP contribution < -0.4 is 10.3 Å². The summed E-state index contributed by atoms with van der Waals surface area (Å²) in [5, 5.41) is 12.7. The summed E-state index contributed by atoms with van der Waals surface area (Å²) in [6.07, 6.45) is 0. The molecule has 2 rings (SSSR count). The van der Waals surface area contributed by atoms with Gasteiger partial charge in [0, 0.05) is 12.1 Å². The number of aromatic nitrogens is 2. The Labute approximate surface area is 108 Å². The molecule has 0 saturated carbocycles. The van der Waals surface area contributed by atoms with Gasteiger partial charge in [0.05, 0.1) is 19.2 Å². The molecule has 0 N–H and O–H groups in total. The fourth-order valence-corrected chi connectivity index (χ4v) is 1.58. The summed E-state index contributed by atoms with van der Waals surface area (Å²) in [5.74, 6) is -0.278. The topological polar surface area (TPSA) is 67.9 Å². The zero-order chi connectivity index (χ0) is 13.8. The predicted octanol–water partition coefficient (Wildman–Crippen LogP) is 1.31. The Bertz CT molecular complexity index is 704. The van der Waals surface area contributed by atoms with E-state index in [1.54, 1.807) is 6.07 Å². The van der Waals surface area contributed by atoms with Crippen molar-refractivity contribution < 1.29 is 9.13 Å². The normalized spacial score (nSPS) is 9.95. The Hall–Kier alpha value is -2.68. The van der Waals surface area contributed by atoms with Gasteiger partial charge in [0.25, 0.3) is 5.56 Å². The maximum atomic E-state index is 13.2. The zero-order valence-corrected chi connectivity index (χ0v) is 10.1. The van der Waals surface area contributed by atoms with Crippen LogP contribution in [0.3, 0.4) is 0 Å². The van der Waals surface area contributed by atoms with Crippen LogP contribution >= 0.6 is 0 Å². The predicted molar refractivity (Wildman–Crippen MR) is 65.3 cm³/mol. The molecule has 0 unspecified atom stereocenters. The molecular weight excluding hydrogens is 249 g/mol. The smallest absolute Gasteiger partial charge is 0.267 e. The summed E-state index contributed by atoms with van der Waals surface area (Å²) in [6, 6.07) is 8.64. The van der Waals surface area contributed by atoms with Crippen molar-refractivity contribution >= 4 is 0 Å². The highest BCUT2D eigenvalue weighted by Gasteiger charge is 2.06. The molecule has 0 aliphatic rings. The van der Waals surface area contributed by atoms with E-state index in [-0.39, 0.29) is 17.7 Å². The first kappa shape index (κ1) is 12.8. The molecule has 2 aromatic rings. The second kappa shape index (κ2) is 5.31. The van der Waals surface area contributed by atoms with E-state index in [9.17, 15) is 9.18 Å². The molecule has 1 aromatic heterocycles. The van der Waals surface area contributed by atoms with Crippen LogP contribution in [0.1, 0.15) is 11.1 Å². The minimum Gasteiger partial charge on any atom is -0.480 e. The van der Waals surface area contributed by atoms with E-state index in [0.717, 1.165) is 0 Å². The zero-order valence-electron chi connectivity index (χ0n) is 10.1. The lowest BCUT2D eigenvalue weighted by Gasteiger charge is -2.06. The summed E-state index contributed by atoms with van der Waals surface area (Å²) in [7, 11) is 1.45. The Balaban J connectivity index is 2.36. The van der Waals surface area contributed by atoms with Crippen LogP contribution in [-0.2, 0) is 6.54 Å². The average molecular weight is 259 g/mol. The van der Waals surface area contributed by atoms with E-state index in [0.29, 0.717) is 11.4 Å². The highest BCUT2D eigenvalue weighted by Crippen LogP contribution is 2.10. The highest BCUT2D eigenvalue weighted by molar-refractivity contribution is 5.34. The third kappa shape index (κ3) is 2.77. The SMILES string of the molecule is COc1ccc(=O)n(Cc2ccc(F)c(C#N)c2)n1. The molecule has 6 heteroatoms. The Morgan fingerprint density at radius 2 is 2.21 bits per heavy atom. The Kier molecular flexibility index (Phi) is 3.57. The fraction of sp³-hybridized carbons (Fsp3) is 0.154. The van der Waals surface area contributed by atoms with Crippen LogP contribution in [-0.4, -0.2) is 16.9 Å². The van der Waals surface area contributed by atoms with E-state index < -0.39 is 5.82 Å². The molecule has 1 aromatic carbocycles. The third-order valence-electron chi connectivity index (χ3n) is 2.53. The number of rotatable bonds is 3. The minimum absolute atomic E-state index is 0.0616. The number of nitriles is 1. The van der Waals surface area contributed by atoms with Gasteiger partial charge in [0.15, 0.2) is 0 Å². The van der Waals surface area contributed by atoms with Crippen molar-refractivity contribution in [1.82, 2.24) is 9.78 Å². The third-order valence-corrected chi connectivity index (χ3v) is 2.53. The van der Waals surface area contributed by atoms with Crippen LogP contribution in [0, 0.1) is 17.1 Å². The van der Waals surface area contributed by atoms with Gasteiger partial charge in [-0.25, -0.2) is 9.07 Å². The quantitative estimate of drug-likeness (QED) is 0.833. The molecule has 0 saturated heterocycles. The van der Waals surface area contributed by atoms with Crippen LogP contribution in [0.2, 0.25) is 0 Å². The molecule has 19 heavy (non-hydrogen) atoms. The van der Waals surface area contributed by atoms with Crippen molar-refractivity contribution in [1.29, 1.82) is 5.26 Å². The lowest BCUT2D eigenvalue weighted by atomic mass is 10.1. The Morgan fingerprint density at radius 3 is 2.89 bits per heavy atom. The van der Waals surface area contributed by atoms with Gasteiger partial charge in [-0.3, -0.25) is 4.79 Å². The van der Waals surface area contributed by atoms with E-state index in [2.05, 4.69) is 5.10 Å². The van der Waals surface area contributed by atoms with Gasteiger partial charge in [0.1, 0.15) is 11.9 Å². The van der Waals surface area contributed by atoms with Crippen molar-refractivity contribution in [2.45, 2.75) is 6.54 Å². The van der Waals surface area contributed by atoms with Crippen LogP contribution in [0.4, 0.5) is 4.39 Å². The first-order valence-corrected chi connectivity index (χ1v) is 5.44. The van der Waals surface area contributed by atoms with Crippen LogP contribution in [0.5, 0.6) is 5.88 Å². The average Bonchev–Trinajstić information content (AvgIpc) is 2.43. The molecule has 96 valence electrons. The standard InChI is InChI=1S/C13H10FN3O2/c1-19-12-4-5-13(18)17(16-12)8-9-2-3-11(14)10(6-9)7-15/h2-6H,8H2,1H3. The van der Waals surface area contributed by atoms with Crippen molar-refractivity contribution in [3.8, 4) is 11.9 Å². The molecule has 0 atom stereocenters. The van der Waals surface area contributed by atoms with Crippen LogP contribution in [0.15, 0.2) is 35.1 Å².